The van der Waals surface area contributed by atoms with E-state index in [-0.39, 0.29) is 25.8 Å². The summed E-state index contributed by atoms with van der Waals surface area (Å²) in [4.78, 5) is 23.0. The van der Waals surface area contributed by atoms with Gasteiger partial charge >= 0.3 is 13.8 Å². The van der Waals surface area contributed by atoms with E-state index in [0.29, 0.717) is 24.1 Å². The van der Waals surface area contributed by atoms with Crippen LogP contribution in [0.15, 0.2) is 48.6 Å². The van der Waals surface area contributed by atoms with Crippen LogP contribution in [-0.4, -0.2) is 75.6 Å². The van der Waals surface area contributed by atoms with Crippen molar-refractivity contribution in [1.82, 2.24) is 0 Å². The molecule has 9 heteroatoms. The van der Waals surface area contributed by atoms with E-state index < -0.39 is 13.9 Å². The monoisotopic (exact) mass is 909 g/mol. The van der Waals surface area contributed by atoms with Crippen molar-refractivity contribution in [2.45, 2.75) is 238 Å². The molecule has 0 aromatic heterocycles. The fourth-order valence-corrected chi connectivity index (χ4v) is 8.11. The van der Waals surface area contributed by atoms with Gasteiger partial charge in [0.05, 0.1) is 34.4 Å². The van der Waals surface area contributed by atoms with E-state index in [9.17, 15) is 14.3 Å². The molecule has 0 radical (unpaired) electrons. The summed E-state index contributed by atoms with van der Waals surface area (Å²) in [7, 11) is 1.67. The molecular weight excluding hydrogens is 806 g/mol. The number of likely N-dealkylation sites (N-methyl/N-ethyl adjacent to an activating group) is 1. The molecule has 0 heterocycles. The largest absolute Gasteiger partial charge is 0.472 e. The number of phosphoric ester groups is 1. The maximum absolute atomic E-state index is 12.7. The predicted molar refractivity (Wildman–Crippen MR) is 270 cm³/mol. The minimum atomic E-state index is -4.28. The van der Waals surface area contributed by atoms with Gasteiger partial charge in [0.25, 0.3) is 0 Å². The molecule has 2 unspecified atom stereocenters. The maximum atomic E-state index is 12.7. The summed E-state index contributed by atoms with van der Waals surface area (Å²) in [6, 6.07) is 0. The molecule has 0 amide bonds. The van der Waals surface area contributed by atoms with Gasteiger partial charge in [0.15, 0.2) is 0 Å². The summed E-state index contributed by atoms with van der Waals surface area (Å²) in [5.41, 5.74) is 0. The molecule has 0 bridgehead atoms. The average Bonchev–Trinajstić information content (AvgIpc) is 3.24. The lowest BCUT2D eigenvalue weighted by Crippen LogP contribution is -2.37. The molecule has 370 valence electrons. The van der Waals surface area contributed by atoms with Gasteiger partial charge < -0.3 is 18.9 Å². The Bertz CT molecular complexity index is 1150. The van der Waals surface area contributed by atoms with Crippen LogP contribution in [0.3, 0.4) is 0 Å². The van der Waals surface area contributed by atoms with Crippen molar-refractivity contribution in [3.8, 4) is 0 Å². The van der Waals surface area contributed by atoms with Crippen LogP contribution >= 0.6 is 7.82 Å². The molecule has 0 aliphatic carbocycles. The fourth-order valence-electron chi connectivity index (χ4n) is 7.37. The first-order valence-electron chi connectivity index (χ1n) is 26.4. The van der Waals surface area contributed by atoms with Gasteiger partial charge in [0.1, 0.15) is 19.3 Å². The number of ether oxygens (including phenoxy) is 2. The number of hydrogen-bond donors (Lipinski definition) is 1. The molecule has 2 atom stereocenters. The Morgan fingerprint density at radius 2 is 0.921 bits per heavy atom. The molecule has 0 saturated carbocycles. The molecule has 0 saturated heterocycles. The van der Waals surface area contributed by atoms with Crippen molar-refractivity contribution in [2.24, 2.45) is 0 Å². The third-order valence-electron chi connectivity index (χ3n) is 11.4. The highest BCUT2D eigenvalue weighted by atomic mass is 31.2. The van der Waals surface area contributed by atoms with Crippen molar-refractivity contribution in [3.63, 3.8) is 0 Å². The van der Waals surface area contributed by atoms with Gasteiger partial charge in [0, 0.05) is 13.0 Å². The second-order valence-corrected chi connectivity index (χ2v) is 20.3. The van der Waals surface area contributed by atoms with E-state index in [0.717, 1.165) is 57.8 Å². The Morgan fingerprint density at radius 1 is 0.508 bits per heavy atom. The van der Waals surface area contributed by atoms with Crippen molar-refractivity contribution in [1.29, 1.82) is 0 Å². The van der Waals surface area contributed by atoms with Crippen molar-refractivity contribution < 1.29 is 37.3 Å². The smallest absolute Gasteiger partial charge is 0.457 e. The van der Waals surface area contributed by atoms with Crippen LogP contribution < -0.4 is 0 Å². The highest BCUT2D eigenvalue weighted by molar-refractivity contribution is 7.47. The number of hydrogen-bond acceptors (Lipinski definition) is 6. The van der Waals surface area contributed by atoms with Crippen molar-refractivity contribution >= 4 is 13.8 Å². The molecule has 0 spiro atoms. The molecule has 0 aliphatic rings. The minimum Gasteiger partial charge on any atom is -0.457 e. The van der Waals surface area contributed by atoms with Gasteiger partial charge in [-0.3, -0.25) is 13.8 Å². The van der Waals surface area contributed by atoms with Gasteiger partial charge in [-0.15, -0.1) is 0 Å². The number of unbranched alkanes of at least 4 members (excludes halogenated alkanes) is 27. The molecular formula is C54H103NO7P+. The fraction of sp³-hybridized carbons (Fsp3) is 0.833. The van der Waals surface area contributed by atoms with Crippen molar-refractivity contribution in [3.05, 3.63) is 48.6 Å². The number of allylic oxidation sites excluding steroid dienone is 8. The molecule has 0 rings (SSSR count). The summed E-state index contributed by atoms with van der Waals surface area (Å²) in [6.45, 7) is 5.54. The quantitative estimate of drug-likeness (QED) is 0.0214. The number of esters is 1. The Kier molecular flexibility index (Phi) is 45.8. The molecule has 0 aliphatic heterocycles. The van der Waals surface area contributed by atoms with Crippen LogP contribution in [0.4, 0.5) is 0 Å². The lowest BCUT2D eigenvalue weighted by atomic mass is 10.0. The molecule has 1 N–H and O–H groups in total. The van der Waals surface area contributed by atoms with E-state index in [4.69, 9.17) is 18.5 Å². The van der Waals surface area contributed by atoms with E-state index in [2.05, 4.69) is 62.5 Å². The third-order valence-corrected chi connectivity index (χ3v) is 12.4. The minimum absolute atomic E-state index is 0.0893. The van der Waals surface area contributed by atoms with Crippen LogP contribution in [-0.2, 0) is 27.9 Å². The van der Waals surface area contributed by atoms with Gasteiger partial charge in [-0.2, -0.15) is 0 Å². The van der Waals surface area contributed by atoms with Gasteiger partial charge in [-0.05, 0) is 51.4 Å². The predicted octanol–water partition coefficient (Wildman–Crippen LogP) is 16.3. The average molecular weight is 909 g/mol. The van der Waals surface area contributed by atoms with Gasteiger partial charge in [0.2, 0.25) is 0 Å². The Labute approximate surface area is 390 Å². The van der Waals surface area contributed by atoms with Crippen LogP contribution in [0.5, 0.6) is 0 Å². The summed E-state index contributed by atoms with van der Waals surface area (Å²) >= 11 is 0. The molecule has 0 fully saturated rings. The lowest BCUT2D eigenvalue weighted by molar-refractivity contribution is -0.870. The van der Waals surface area contributed by atoms with Crippen LogP contribution in [0.25, 0.3) is 0 Å². The standard InChI is InChI=1S/C54H102NO7P/c1-6-8-10-12-14-16-18-20-22-23-24-25-26-27-28-29-30-31-32-34-36-38-40-42-44-46-49-59-51-53(52-61-63(57,58)60-50-48-55(3,4)5)62-54(56)47-45-43-41-39-37-35-33-21-19-17-15-13-11-9-7-2/h8,10,14,16,20,22,24-25,53H,6-7,9,11-13,15,17-19,21,23,26-52H2,1-5H3/p+1/b10-8-,16-14-,22-20-,25-24-. The number of carbonyl (C=O) groups is 1. The van der Waals surface area contributed by atoms with E-state index in [1.54, 1.807) is 0 Å². The normalized spacial score (nSPS) is 13.9. The second-order valence-electron chi connectivity index (χ2n) is 18.9. The van der Waals surface area contributed by atoms with Crippen molar-refractivity contribution in [2.75, 3.05) is 54.1 Å². The van der Waals surface area contributed by atoms with Crippen LogP contribution in [0.2, 0.25) is 0 Å². The van der Waals surface area contributed by atoms with Gasteiger partial charge in [-0.1, -0.05) is 223 Å². The van der Waals surface area contributed by atoms with Crippen LogP contribution in [0.1, 0.15) is 232 Å². The lowest BCUT2D eigenvalue weighted by Gasteiger charge is -2.24. The molecule has 0 aromatic carbocycles. The number of carbonyl (C=O) groups excluding carboxylic acids is 1. The molecule has 63 heavy (non-hydrogen) atoms. The van der Waals surface area contributed by atoms with Crippen LogP contribution in [0, 0.1) is 0 Å². The maximum Gasteiger partial charge on any atom is 0.472 e. The zero-order chi connectivity index (χ0) is 46.2. The highest BCUT2D eigenvalue weighted by Gasteiger charge is 2.26. The zero-order valence-corrected chi connectivity index (χ0v) is 43.0. The zero-order valence-electron chi connectivity index (χ0n) is 42.1. The summed E-state index contributed by atoms with van der Waals surface area (Å²) in [6.07, 6.45) is 58.7. The Morgan fingerprint density at radius 3 is 1.38 bits per heavy atom. The Balaban J connectivity index is 4.06. The summed E-state index contributed by atoms with van der Waals surface area (Å²) in [5, 5.41) is 0. The summed E-state index contributed by atoms with van der Waals surface area (Å²) < 4.78 is 35.2. The number of nitrogens with zero attached hydrogens (tertiary/aromatic N) is 1. The number of quaternary nitrogens is 1. The Hall–Kier alpha value is -1.54. The summed E-state index contributed by atoms with van der Waals surface area (Å²) in [5.74, 6) is -0.311. The van der Waals surface area contributed by atoms with Gasteiger partial charge in [-0.25, -0.2) is 4.57 Å². The number of phosphoric acid groups is 1. The molecule has 8 nitrogen and oxygen atoms in total. The number of rotatable bonds is 49. The van der Waals surface area contributed by atoms with E-state index >= 15 is 0 Å². The van der Waals surface area contributed by atoms with E-state index in [1.807, 2.05) is 21.1 Å². The second kappa shape index (κ2) is 47.0. The van der Waals surface area contributed by atoms with E-state index in [1.165, 1.54) is 154 Å². The first-order valence-corrected chi connectivity index (χ1v) is 27.9. The SMILES string of the molecule is CC/C=C\C/C=C\C/C=C\C/C=C\CCCCCCCCCCCCCCCOCC(COP(=O)(O)OCC[N+](C)(C)C)OC(=O)CCCCCCCCCCCCCCCCC. The first-order chi connectivity index (χ1) is 30.6. The highest BCUT2D eigenvalue weighted by Crippen LogP contribution is 2.43. The molecule has 0 aromatic rings. The third kappa shape index (κ3) is 51.3. The first kappa shape index (κ1) is 61.5. The topological polar surface area (TPSA) is 91.3 Å².